The summed E-state index contributed by atoms with van der Waals surface area (Å²) in [6.45, 7) is 4.94. The van der Waals surface area contributed by atoms with Gasteiger partial charge < -0.3 is 19.3 Å². The first-order valence-corrected chi connectivity index (χ1v) is 5.84. The van der Waals surface area contributed by atoms with Crippen molar-refractivity contribution in [1.29, 1.82) is 0 Å². The molecule has 0 unspecified atom stereocenters. The van der Waals surface area contributed by atoms with Crippen LogP contribution in [0.3, 0.4) is 0 Å². The standard InChI is InChI=1S/C7H17O5P/c1-4-11-13(10,12-5-2)7(9)6(3)8/h6-9H,4-5H2,1-3H3/t6-,7-/m0/s1. The smallest absolute Gasteiger partial charge is 0.361 e. The fourth-order valence-corrected chi connectivity index (χ4v) is 2.44. The van der Waals surface area contributed by atoms with E-state index in [4.69, 9.17) is 14.2 Å². The molecule has 0 aliphatic carbocycles. The molecule has 6 heteroatoms. The molecule has 0 aromatic rings. The highest BCUT2D eigenvalue weighted by atomic mass is 31.2. The average molecular weight is 212 g/mol. The van der Waals surface area contributed by atoms with Crippen molar-refractivity contribution in [2.45, 2.75) is 32.7 Å². The Morgan fingerprint density at radius 1 is 1.23 bits per heavy atom. The number of aliphatic hydroxyl groups is 2. The quantitative estimate of drug-likeness (QED) is 0.641. The lowest BCUT2D eigenvalue weighted by Gasteiger charge is -2.23. The molecule has 2 atom stereocenters. The molecule has 0 saturated heterocycles. The second kappa shape index (κ2) is 5.73. The van der Waals surface area contributed by atoms with Gasteiger partial charge in [0.25, 0.3) is 0 Å². The average Bonchev–Trinajstić information content (AvgIpc) is 2.03. The van der Waals surface area contributed by atoms with Crippen LogP contribution in [0.4, 0.5) is 0 Å². The van der Waals surface area contributed by atoms with E-state index in [0.29, 0.717) is 0 Å². The van der Waals surface area contributed by atoms with Gasteiger partial charge in [-0.25, -0.2) is 0 Å². The highest BCUT2D eigenvalue weighted by Crippen LogP contribution is 2.52. The van der Waals surface area contributed by atoms with Gasteiger partial charge >= 0.3 is 7.60 Å². The van der Waals surface area contributed by atoms with E-state index in [1.807, 2.05) is 0 Å². The molecule has 0 aromatic carbocycles. The van der Waals surface area contributed by atoms with E-state index in [-0.39, 0.29) is 13.2 Å². The van der Waals surface area contributed by atoms with Crippen molar-refractivity contribution in [3.8, 4) is 0 Å². The Hall–Kier alpha value is 0.0700. The summed E-state index contributed by atoms with van der Waals surface area (Å²) in [7, 11) is -3.56. The lowest BCUT2D eigenvalue weighted by atomic mass is 10.4. The van der Waals surface area contributed by atoms with E-state index in [9.17, 15) is 9.67 Å². The van der Waals surface area contributed by atoms with Crippen molar-refractivity contribution >= 4 is 7.60 Å². The van der Waals surface area contributed by atoms with Crippen LogP contribution in [0.2, 0.25) is 0 Å². The van der Waals surface area contributed by atoms with Gasteiger partial charge in [-0.15, -0.1) is 0 Å². The Morgan fingerprint density at radius 3 is 1.85 bits per heavy atom. The molecule has 0 radical (unpaired) electrons. The molecule has 5 nitrogen and oxygen atoms in total. The summed E-state index contributed by atoms with van der Waals surface area (Å²) in [5.41, 5.74) is 0. The molecule has 0 heterocycles. The maximum Gasteiger partial charge on any atom is 0.361 e. The third-order valence-electron chi connectivity index (χ3n) is 1.37. The van der Waals surface area contributed by atoms with Crippen LogP contribution in [0.1, 0.15) is 20.8 Å². The van der Waals surface area contributed by atoms with Gasteiger partial charge in [0.2, 0.25) is 0 Å². The van der Waals surface area contributed by atoms with E-state index in [1.54, 1.807) is 13.8 Å². The Morgan fingerprint density at radius 2 is 1.62 bits per heavy atom. The molecule has 13 heavy (non-hydrogen) atoms. The Balaban J connectivity index is 4.47. The first kappa shape index (κ1) is 13.1. The van der Waals surface area contributed by atoms with Crippen LogP contribution in [0.25, 0.3) is 0 Å². The number of hydrogen-bond donors (Lipinski definition) is 2. The van der Waals surface area contributed by atoms with Gasteiger partial charge in [0.1, 0.15) is 0 Å². The SMILES string of the molecule is CCOP(=O)(OCC)[C@H](O)[C@H](C)O. The monoisotopic (exact) mass is 212 g/mol. The summed E-state index contributed by atoms with van der Waals surface area (Å²) in [5.74, 6) is -1.48. The molecule has 0 saturated carbocycles. The molecule has 0 aromatic heterocycles. The maximum atomic E-state index is 11.7. The Bertz CT molecular complexity index is 172. The topological polar surface area (TPSA) is 76.0 Å². The Labute approximate surface area is 78.2 Å². The molecule has 0 bridgehead atoms. The fourth-order valence-electron chi connectivity index (χ4n) is 0.814. The molecular weight excluding hydrogens is 195 g/mol. The summed E-state index contributed by atoms with van der Waals surface area (Å²) in [4.78, 5) is 0. The summed E-state index contributed by atoms with van der Waals surface area (Å²) in [6.07, 6.45) is -1.14. The Kier molecular flexibility index (Phi) is 5.76. The lowest BCUT2D eigenvalue weighted by Crippen LogP contribution is -2.24. The number of aliphatic hydroxyl groups excluding tert-OH is 2. The molecular formula is C7H17O5P. The van der Waals surface area contributed by atoms with Gasteiger partial charge in [0.15, 0.2) is 5.85 Å². The van der Waals surface area contributed by atoms with Crippen molar-refractivity contribution in [3.05, 3.63) is 0 Å². The lowest BCUT2D eigenvalue weighted by molar-refractivity contribution is 0.0516. The molecule has 0 aliphatic rings. The molecule has 0 fully saturated rings. The van der Waals surface area contributed by atoms with Crippen LogP contribution in [0.15, 0.2) is 0 Å². The zero-order chi connectivity index (χ0) is 10.5. The third kappa shape index (κ3) is 3.75. The van der Waals surface area contributed by atoms with Gasteiger partial charge in [-0.05, 0) is 20.8 Å². The van der Waals surface area contributed by atoms with Crippen LogP contribution in [0.5, 0.6) is 0 Å². The maximum absolute atomic E-state index is 11.7. The second-order valence-corrected chi connectivity index (χ2v) is 4.65. The van der Waals surface area contributed by atoms with Crippen molar-refractivity contribution < 1.29 is 23.8 Å². The van der Waals surface area contributed by atoms with Gasteiger partial charge in [-0.2, -0.15) is 0 Å². The van der Waals surface area contributed by atoms with Crippen molar-refractivity contribution in [1.82, 2.24) is 0 Å². The summed E-state index contributed by atoms with van der Waals surface area (Å²) >= 11 is 0. The summed E-state index contributed by atoms with van der Waals surface area (Å²) in [5, 5.41) is 18.4. The molecule has 2 N–H and O–H groups in total. The highest BCUT2D eigenvalue weighted by molar-refractivity contribution is 7.54. The number of rotatable bonds is 6. The van der Waals surface area contributed by atoms with Gasteiger partial charge in [0.05, 0.1) is 19.3 Å². The minimum absolute atomic E-state index is 0.168. The third-order valence-corrected chi connectivity index (χ3v) is 3.69. The van der Waals surface area contributed by atoms with Crippen LogP contribution >= 0.6 is 7.60 Å². The predicted octanol–water partition coefficient (Wildman–Crippen LogP) is 0.952. The van der Waals surface area contributed by atoms with Crippen LogP contribution in [-0.2, 0) is 13.6 Å². The highest BCUT2D eigenvalue weighted by Gasteiger charge is 2.37. The van der Waals surface area contributed by atoms with Gasteiger partial charge in [0, 0.05) is 0 Å². The minimum Gasteiger partial charge on any atom is -0.390 e. The molecule has 0 amide bonds. The van der Waals surface area contributed by atoms with Crippen LogP contribution < -0.4 is 0 Å². The van der Waals surface area contributed by atoms with Crippen molar-refractivity contribution in [3.63, 3.8) is 0 Å². The molecule has 0 aliphatic heterocycles. The first-order valence-electron chi connectivity index (χ1n) is 4.22. The largest absolute Gasteiger partial charge is 0.390 e. The molecule has 0 spiro atoms. The van der Waals surface area contributed by atoms with E-state index >= 15 is 0 Å². The van der Waals surface area contributed by atoms with E-state index in [0.717, 1.165) is 0 Å². The van der Waals surface area contributed by atoms with E-state index in [1.165, 1.54) is 6.92 Å². The molecule has 80 valence electrons. The second-order valence-electron chi connectivity index (χ2n) is 2.53. The van der Waals surface area contributed by atoms with Gasteiger partial charge in [-0.1, -0.05) is 0 Å². The summed E-state index contributed by atoms with van der Waals surface area (Å²) in [6, 6.07) is 0. The van der Waals surface area contributed by atoms with Crippen LogP contribution in [-0.4, -0.2) is 35.4 Å². The fraction of sp³-hybridized carbons (Fsp3) is 1.00. The first-order chi connectivity index (χ1) is 5.98. The predicted molar refractivity (Wildman–Crippen MR) is 48.5 cm³/mol. The van der Waals surface area contributed by atoms with Crippen molar-refractivity contribution in [2.24, 2.45) is 0 Å². The van der Waals surface area contributed by atoms with E-state index in [2.05, 4.69) is 0 Å². The van der Waals surface area contributed by atoms with E-state index < -0.39 is 19.5 Å². The van der Waals surface area contributed by atoms with Crippen LogP contribution in [0, 0.1) is 0 Å². The molecule has 0 rings (SSSR count). The normalized spacial score (nSPS) is 17.0. The summed E-state index contributed by atoms with van der Waals surface area (Å²) < 4.78 is 21.3. The zero-order valence-electron chi connectivity index (χ0n) is 8.14. The minimum atomic E-state index is -3.56. The number of hydrogen-bond acceptors (Lipinski definition) is 5. The zero-order valence-corrected chi connectivity index (χ0v) is 9.03. The van der Waals surface area contributed by atoms with Crippen molar-refractivity contribution in [2.75, 3.05) is 13.2 Å². The van der Waals surface area contributed by atoms with Gasteiger partial charge in [-0.3, -0.25) is 4.57 Å².